The molecule has 1 N–H and O–H groups in total. The van der Waals surface area contributed by atoms with Crippen molar-refractivity contribution in [1.82, 2.24) is 24.9 Å². The van der Waals surface area contributed by atoms with E-state index in [1.807, 2.05) is 30.6 Å². The molecule has 0 aromatic heterocycles. The Morgan fingerprint density at radius 1 is 0.810 bits per heavy atom. The maximum atomic E-state index is 12.5. The Balaban J connectivity index is 0.000000201. The third-order valence-corrected chi connectivity index (χ3v) is 8.86. The molecule has 0 atom stereocenters. The summed E-state index contributed by atoms with van der Waals surface area (Å²) in [5, 5.41) is 3.12. The predicted molar refractivity (Wildman–Crippen MR) is 170 cm³/mol. The number of ether oxygens (including phenoxy) is 1. The molecule has 2 aliphatic carbocycles. The minimum absolute atomic E-state index is 0.0744. The zero-order valence-electron chi connectivity index (χ0n) is 27.5. The topological polar surface area (TPSA) is 68.4 Å². The first-order chi connectivity index (χ1) is 19.7. The van der Waals surface area contributed by atoms with Gasteiger partial charge in [-0.2, -0.15) is 0 Å². The zero-order valence-corrected chi connectivity index (χ0v) is 27.5. The minimum Gasteiger partial charge on any atom is -0.444 e. The lowest BCUT2D eigenvalue weighted by Gasteiger charge is -2.47. The van der Waals surface area contributed by atoms with Crippen LogP contribution in [0, 0.1) is 0 Å². The molecule has 0 radical (unpaired) electrons. The number of aryl methyl sites for hydroxylation is 1. The molecule has 3 amide bonds. The molecule has 8 heteroatoms. The van der Waals surface area contributed by atoms with Gasteiger partial charge in [0.1, 0.15) is 5.60 Å². The van der Waals surface area contributed by atoms with Gasteiger partial charge in [-0.1, -0.05) is 30.3 Å². The van der Waals surface area contributed by atoms with E-state index in [-0.39, 0.29) is 23.2 Å². The van der Waals surface area contributed by atoms with Crippen LogP contribution in [-0.4, -0.2) is 106 Å². The van der Waals surface area contributed by atoms with Crippen LogP contribution >= 0.6 is 0 Å². The van der Waals surface area contributed by atoms with E-state index in [1.165, 1.54) is 31.2 Å². The molecule has 5 rings (SSSR count). The molecule has 4 fully saturated rings. The van der Waals surface area contributed by atoms with Crippen LogP contribution in [0.5, 0.6) is 0 Å². The third-order valence-electron chi connectivity index (χ3n) is 8.86. The van der Waals surface area contributed by atoms with Gasteiger partial charge >= 0.3 is 12.1 Å². The van der Waals surface area contributed by atoms with E-state index in [0.29, 0.717) is 0 Å². The predicted octanol–water partition coefficient (Wildman–Crippen LogP) is 5.76. The first kappa shape index (κ1) is 32.6. The molecule has 2 saturated heterocycles. The Labute approximate surface area is 255 Å². The zero-order chi connectivity index (χ0) is 30.5. The summed E-state index contributed by atoms with van der Waals surface area (Å²) >= 11 is 0. The maximum absolute atomic E-state index is 12.5. The number of urea groups is 1. The number of hydrogen-bond acceptors (Lipinski definition) is 5. The van der Waals surface area contributed by atoms with E-state index in [2.05, 4.69) is 73.1 Å². The molecule has 0 bridgehead atoms. The molecule has 0 unspecified atom stereocenters. The van der Waals surface area contributed by atoms with Crippen LogP contribution in [-0.2, 0) is 11.2 Å². The molecule has 4 aliphatic rings. The van der Waals surface area contributed by atoms with Crippen molar-refractivity contribution in [3.63, 3.8) is 0 Å². The fourth-order valence-electron chi connectivity index (χ4n) is 6.31. The number of hydrogen-bond donors (Lipinski definition) is 1. The molecule has 1 aromatic rings. The summed E-state index contributed by atoms with van der Waals surface area (Å²) in [7, 11) is 0. The molecule has 0 spiro atoms. The Morgan fingerprint density at radius 3 is 1.81 bits per heavy atom. The van der Waals surface area contributed by atoms with E-state index < -0.39 is 5.60 Å². The van der Waals surface area contributed by atoms with Gasteiger partial charge in [-0.25, -0.2) is 9.59 Å². The molecular weight excluding hydrogens is 526 g/mol. The second kappa shape index (κ2) is 13.5. The Bertz CT molecular complexity index is 1030. The molecule has 2 aliphatic heterocycles. The number of amides is 3. The highest BCUT2D eigenvalue weighted by atomic mass is 16.6. The molecule has 2 saturated carbocycles. The van der Waals surface area contributed by atoms with Crippen LogP contribution < -0.4 is 5.32 Å². The van der Waals surface area contributed by atoms with Gasteiger partial charge in [0, 0.05) is 57.9 Å². The van der Waals surface area contributed by atoms with E-state index in [4.69, 9.17) is 4.74 Å². The summed E-state index contributed by atoms with van der Waals surface area (Å²) in [4.78, 5) is 33.7. The Hall–Kier alpha value is -2.32. The fraction of sp³-hybridized carbons (Fsp3) is 0.765. The number of carbonyl (C=O) groups is 2. The number of benzene rings is 1. The highest BCUT2D eigenvalue weighted by Crippen LogP contribution is 2.33. The molecular formula is C34H57N5O3. The van der Waals surface area contributed by atoms with Gasteiger partial charge in [0.25, 0.3) is 0 Å². The van der Waals surface area contributed by atoms with Crippen molar-refractivity contribution in [2.75, 3.05) is 45.8 Å². The number of nitrogens with zero attached hydrogens (tertiary/aromatic N) is 4. The summed E-state index contributed by atoms with van der Waals surface area (Å²) in [6, 6.07) is 12.2. The average molecular weight is 584 g/mol. The number of carbonyl (C=O) groups excluding carboxylic acids is 2. The maximum Gasteiger partial charge on any atom is 0.410 e. The van der Waals surface area contributed by atoms with Crippen molar-refractivity contribution in [2.45, 2.75) is 122 Å². The third kappa shape index (κ3) is 9.60. The molecule has 236 valence electrons. The normalized spacial score (nSPS) is 22.6. The van der Waals surface area contributed by atoms with Crippen LogP contribution in [0.25, 0.3) is 0 Å². The van der Waals surface area contributed by atoms with E-state index in [0.717, 1.165) is 77.2 Å². The lowest BCUT2D eigenvalue weighted by Crippen LogP contribution is -2.63. The van der Waals surface area contributed by atoms with Crippen LogP contribution in [0.4, 0.5) is 9.59 Å². The first-order valence-corrected chi connectivity index (χ1v) is 16.3. The average Bonchev–Trinajstić information content (AvgIpc) is 3.80. The van der Waals surface area contributed by atoms with Crippen LogP contribution in [0.3, 0.4) is 0 Å². The summed E-state index contributed by atoms with van der Waals surface area (Å²) in [6.45, 7) is 20.7. The smallest absolute Gasteiger partial charge is 0.410 e. The van der Waals surface area contributed by atoms with Crippen molar-refractivity contribution in [1.29, 1.82) is 0 Å². The number of unbranched alkanes of at least 4 members (excludes halogenated alkanes) is 1. The van der Waals surface area contributed by atoms with Crippen LogP contribution in [0.15, 0.2) is 30.3 Å². The van der Waals surface area contributed by atoms with E-state index in [9.17, 15) is 9.59 Å². The van der Waals surface area contributed by atoms with Crippen molar-refractivity contribution >= 4 is 12.1 Å². The second-order valence-corrected chi connectivity index (χ2v) is 15.0. The van der Waals surface area contributed by atoms with Crippen LogP contribution in [0.2, 0.25) is 0 Å². The summed E-state index contributed by atoms with van der Waals surface area (Å²) in [5.41, 5.74) is 0.750. The van der Waals surface area contributed by atoms with Crippen molar-refractivity contribution < 1.29 is 14.3 Å². The second-order valence-electron chi connectivity index (χ2n) is 15.0. The highest BCUT2D eigenvalue weighted by Gasteiger charge is 2.43. The van der Waals surface area contributed by atoms with Gasteiger partial charge in [0.15, 0.2) is 0 Å². The molecule has 42 heavy (non-hydrogen) atoms. The minimum atomic E-state index is -0.416. The lowest BCUT2D eigenvalue weighted by molar-refractivity contribution is -0.0245. The molecule has 1 aromatic carbocycles. The lowest BCUT2D eigenvalue weighted by atomic mass is 9.99. The summed E-state index contributed by atoms with van der Waals surface area (Å²) in [6.07, 6.45) is 8.37. The van der Waals surface area contributed by atoms with E-state index in [1.54, 1.807) is 0 Å². The number of nitrogens with one attached hydrogen (secondary N) is 1. The van der Waals surface area contributed by atoms with Gasteiger partial charge in [-0.3, -0.25) is 9.80 Å². The van der Waals surface area contributed by atoms with Crippen LogP contribution in [0.1, 0.15) is 92.6 Å². The quantitative estimate of drug-likeness (QED) is 0.414. The molecule has 8 nitrogen and oxygen atoms in total. The number of rotatable bonds is 7. The SMILES string of the molecule is CC(C)(C)OC(=O)N1CCN(C2CC2)CC1(C)C.CC1(C)CN(C2CC2)CCN1C(=O)NCCCCc1ccccc1. The van der Waals surface area contributed by atoms with Gasteiger partial charge < -0.3 is 19.9 Å². The summed E-state index contributed by atoms with van der Waals surface area (Å²) < 4.78 is 5.49. The highest BCUT2D eigenvalue weighted by molar-refractivity contribution is 5.75. The van der Waals surface area contributed by atoms with Crippen molar-refractivity contribution in [3.05, 3.63) is 35.9 Å². The standard InChI is InChI=1S/C20H31N3O.C14H26N2O2/c1-20(2)16-22(18-11-12-18)14-15-23(20)19(24)21-13-7-6-10-17-8-4-3-5-9-17;1-13(2,3)18-12(17)16-9-8-15(11-6-7-11)10-14(16,4)5/h3-5,8-9,18H,6-7,10-16H2,1-2H3,(H,21,24);11H,6-10H2,1-5H3. The monoisotopic (exact) mass is 583 g/mol. The summed E-state index contributed by atoms with van der Waals surface area (Å²) in [5.74, 6) is 0. The first-order valence-electron chi connectivity index (χ1n) is 16.3. The van der Waals surface area contributed by atoms with Crippen molar-refractivity contribution in [3.8, 4) is 0 Å². The molecule has 2 heterocycles. The Kier molecular flexibility index (Phi) is 10.5. The van der Waals surface area contributed by atoms with Gasteiger partial charge in [-0.15, -0.1) is 0 Å². The largest absolute Gasteiger partial charge is 0.444 e. The number of piperazine rings is 2. The fourth-order valence-corrected chi connectivity index (χ4v) is 6.31. The van der Waals surface area contributed by atoms with Gasteiger partial charge in [0.2, 0.25) is 0 Å². The van der Waals surface area contributed by atoms with Crippen molar-refractivity contribution in [2.24, 2.45) is 0 Å². The van der Waals surface area contributed by atoms with E-state index >= 15 is 0 Å². The van der Waals surface area contributed by atoms with Gasteiger partial charge in [-0.05, 0) is 99.0 Å². The Morgan fingerprint density at radius 2 is 1.33 bits per heavy atom. The van der Waals surface area contributed by atoms with Gasteiger partial charge in [0.05, 0.1) is 11.1 Å².